The van der Waals surface area contributed by atoms with Crippen LogP contribution in [-0.4, -0.2) is 34.9 Å². The molecule has 1 unspecified atom stereocenters. The standard InChI is InChI=1S/C32H29ClN2O5/c33-31-27-25(16-17-37-27)34-32(35-31)30-29(39-20-24-14-8-3-9-15-24)28(38-19-23-12-6-2-7-13-23)26(40-30)21-36-18-22-10-4-1-5-11-22/h1-17,26,28-30H,18-21H2/t26-,28-,29-,30?/m1/s1. The minimum Gasteiger partial charge on any atom is -0.459 e. The minimum absolute atomic E-state index is 0.223. The van der Waals surface area contributed by atoms with E-state index in [1.807, 2.05) is 91.0 Å². The van der Waals surface area contributed by atoms with E-state index in [1.165, 1.54) is 0 Å². The SMILES string of the molecule is Clc1nc(C2O[C@H](COCc3ccccc3)[C@@H](OCc3ccccc3)[C@H]2OCc2ccccc2)nc2ccoc12. The highest BCUT2D eigenvalue weighted by molar-refractivity contribution is 6.33. The van der Waals surface area contributed by atoms with Crippen LogP contribution in [-0.2, 0) is 38.8 Å². The van der Waals surface area contributed by atoms with Crippen LogP contribution in [0.25, 0.3) is 11.1 Å². The third-order valence-corrected chi connectivity index (χ3v) is 7.06. The van der Waals surface area contributed by atoms with Crippen molar-refractivity contribution in [2.45, 2.75) is 44.2 Å². The number of nitrogens with zero attached hydrogens (tertiary/aromatic N) is 2. The monoisotopic (exact) mass is 556 g/mol. The predicted molar refractivity (Wildman–Crippen MR) is 151 cm³/mol. The second-order valence-electron chi connectivity index (χ2n) is 9.63. The molecule has 7 nitrogen and oxygen atoms in total. The van der Waals surface area contributed by atoms with Crippen molar-refractivity contribution in [2.24, 2.45) is 0 Å². The van der Waals surface area contributed by atoms with Gasteiger partial charge in [-0.1, -0.05) is 103 Å². The molecular formula is C32H29ClN2O5. The first-order chi connectivity index (χ1) is 19.7. The number of ether oxygens (including phenoxy) is 4. The summed E-state index contributed by atoms with van der Waals surface area (Å²) in [5, 5.41) is 0.223. The molecule has 204 valence electrons. The van der Waals surface area contributed by atoms with Crippen molar-refractivity contribution in [3.05, 3.63) is 131 Å². The zero-order valence-electron chi connectivity index (χ0n) is 21.8. The lowest BCUT2D eigenvalue weighted by Crippen LogP contribution is -2.38. The van der Waals surface area contributed by atoms with E-state index in [9.17, 15) is 0 Å². The quantitative estimate of drug-likeness (QED) is 0.167. The van der Waals surface area contributed by atoms with Crippen molar-refractivity contribution in [2.75, 3.05) is 6.61 Å². The highest BCUT2D eigenvalue weighted by atomic mass is 35.5. The molecule has 0 bridgehead atoms. The highest BCUT2D eigenvalue weighted by Gasteiger charge is 2.48. The van der Waals surface area contributed by atoms with Gasteiger partial charge in [-0.2, -0.15) is 0 Å². The van der Waals surface area contributed by atoms with Gasteiger partial charge in [-0.05, 0) is 16.7 Å². The van der Waals surface area contributed by atoms with Crippen molar-refractivity contribution < 1.29 is 23.4 Å². The number of aromatic nitrogens is 2. The Balaban J connectivity index is 1.29. The van der Waals surface area contributed by atoms with Gasteiger partial charge in [0.15, 0.2) is 16.6 Å². The molecule has 3 aromatic carbocycles. The van der Waals surface area contributed by atoms with E-state index in [2.05, 4.69) is 4.98 Å². The third kappa shape index (κ3) is 6.25. The van der Waals surface area contributed by atoms with Crippen LogP contribution >= 0.6 is 11.6 Å². The first kappa shape index (κ1) is 26.6. The zero-order chi connectivity index (χ0) is 27.1. The lowest BCUT2D eigenvalue weighted by molar-refractivity contribution is -0.0899. The van der Waals surface area contributed by atoms with Crippen LogP contribution in [0.3, 0.4) is 0 Å². The maximum absolute atomic E-state index is 6.58. The summed E-state index contributed by atoms with van der Waals surface area (Å²) >= 11 is 6.47. The number of hydrogen-bond donors (Lipinski definition) is 0. The fraction of sp³-hybridized carbons (Fsp3) is 0.250. The highest BCUT2D eigenvalue weighted by Crippen LogP contribution is 2.38. The number of hydrogen-bond acceptors (Lipinski definition) is 7. The Morgan fingerprint density at radius 2 is 1.25 bits per heavy atom. The Morgan fingerprint density at radius 3 is 1.88 bits per heavy atom. The molecule has 5 aromatic rings. The Morgan fingerprint density at radius 1 is 0.675 bits per heavy atom. The molecule has 1 fully saturated rings. The molecule has 0 saturated carbocycles. The molecule has 1 saturated heterocycles. The summed E-state index contributed by atoms with van der Waals surface area (Å²) in [6.07, 6.45) is -0.492. The van der Waals surface area contributed by atoms with E-state index < -0.39 is 24.4 Å². The largest absolute Gasteiger partial charge is 0.459 e. The van der Waals surface area contributed by atoms with Crippen LogP contribution in [0.1, 0.15) is 28.6 Å². The topological polar surface area (TPSA) is 75.8 Å². The maximum Gasteiger partial charge on any atom is 0.189 e. The first-order valence-electron chi connectivity index (χ1n) is 13.2. The Bertz CT molecular complexity index is 1500. The van der Waals surface area contributed by atoms with E-state index in [0.717, 1.165) is 16.7 Å². The number of fused-ring (bicyclic) bond motifs is 1. The molecule has 40 heavy (non-hydrogen) atoms. The predicted octanol–water partition coefficient (Wildman–Crippen LogP) is 6.70. The Labute approximate surface area is 237 Å². The van der Waals surface area contributed by atoms with Crippen LogP contribution in [0.5, 0.6) is 0 Å². The molecule has 6 rings (SSSR count). The van der Waals surface area contributed by atoms with Crippen LogP contribution in [0.15, 0.2) is 108 Å². The molecule has 0 N–H and O–H groups in total. The molecule has 1 aliphatic rings. The second kappa shape index (κ2) is 12.7. The molecule has 0 aliphatic carbocycles. The maximum atomic E-state index is 6.58. The van der Waals surface area contributed by atoms with Crippen LogP contribution in [0.2, 0.25) is 5.15 Å². The van der Waals surface area contributed by atoms with Gasteiger partial charge in [0.05, 0.1) is 32.7 Å². The summed E-state index contributed by atoms with van der Waals surface area (Å²) < 4.78 is 31.2. The average molecular weight is 557 g/mol. The molecule has 0 radical (unpaired) electrons. The molecule has 0 amide bonds. The van der Waals surface area contributed by atoms with Crippen LogP contribution < -0.4 is 0 Å². The zero-order valence-corrected chi connectivity index (χ0v) is 22.5. The molecule has 3 heterocycles. The third-order valence-electron chi connectivity index (χ3n) is 6.81. The molecule has 4 atom stereocenters. The summed E-state index contributed by atoms with van der Waals surface area (Å²) in [6, 6.07) is 31.8. The summed E-state index contributed by atoms with van der Waals surface area (Å²) in [7, 11) is 0. The fourth-order valence-corrected chi connectivity index (χ4v) is 5.05. The molecule has 0 spiro atoms. The fourth-order valence-electron chi connectivity index (χ4n) is 4.83. The van der Waals surface area contributed by atoms with Crippen molar-refractivity contribution in [1.82, 2.24) is 9.97 Å². The van der Waals surface area contributed by atoms with Gasteiger partial charge < -0.3 is 23.4 Å². The van der Waals surface area contributed by atoms with Gasteiger partial charge in [-0.3, -0.25) is 0 Å². The molecule has 1 aliphatic heterocycles. The number of halogens is 1. The summed E-state index contributed by atoms with van der Waals surface area (Å²) in [4.78, 5) is 9.24. The average Bonchev–Trinajstić information content (AvgIpc) is 3.62. The smallest absolute Gasteiger partial charge is 0.189 e. The molecule has 8 heteroatoms. The van der Waals surface area contributed by atoms with Gasteiger partial charge in [0.2, 0.25) is 0 Å². The van der Waals surface area contributed by atoms with E-state index in [-0.39, 0.29) is 5.15 Å². The Kier molecular flexibility index (Phi) is 8.47. The van der Waals surface area contributed by atoms with Gasteiger partial charge in [0.1, 0.15) is 29.9 Å². The number of benzene rings is 3. The van der Waals surface area contributed by atoms with Gasteiger partial charge in [-0.15, -0.1) is 0 Å². The van der Waals surface area contributed by atoms with E-state index in [1.54, 1.807) is 12.3 Å². The van der Waals surface area contributed by atoms with Crippen molar-refractivity contribution in [3.8, 4) is 0 Å². The van der Waals surface area contributed by atoms with Gasteiger partial charge in [-0.25, -0.2) is 9.97 Å². The summed E-state index contributed by atoms with van der Waals surface area (Å²) in [6.45, 7) is 1.52. The van der Waals surface area contributed by atoms with Crippen LogP contribution in [0.4, 0.5) is 0 Å². The van der Waals surface area contributed by atoms with Gasteiger partial charge in [0.25, 0.3) is 0 Å². The first-order valence-corrected chi connectivity index (χ1v) is 13.6. The second-order valence-corrected chi connectivity index (χ2v) is 9.98. The van der Waals surface area contributed by atoms with Gasteiger partial charge in [0, 0.05) is 6.07 Å². The lowest BCUT2D eigenvalue weighted by atomic mass is 10.1. The number of rotatable bonds is 11. The van der Waals surface area contributed by atoms with E-state index >= 15 is 0 Å². The van der Waals surface area contributed by atoms with E-state index in [0.29, 0.717) is 43.4 Å². The molecule has 2 aromatic heterocycles. The summed E-state index contributed by atoms with van der Waals surface area (Å²) in [5.41, 5.74) is 4.21. The van der Waals surface area contributed by atoms with Crippen LogP contribution in [0, 0.1) is 0 Å². The van der Waals surface area contributed by atoms with Crippen molar-refractivity contribution >= 4 is 22.7 Å². The number of furan rings is 1. The normalized spacial score (nSPS) is 20.7. The summed E-state index contributed by atoms with van der Waals surface area (Å²) in [5.74, 6) is 0.413. The van der Waals surface area contributed by atoms with Crippen molar-refractivity contribution in [3.63, 3.8) is 0 Å². The Hall–Kier alpha value is -3.59. The van der Waals surface area contributed by atoms with Crippen molar-refractivity contribution in [1.29, 1.82) is 0 Å². The van der Waals surface area contributed by atoms with Gasteiger partial charge >= 0.3 is 0 Å². The lowest BCUT2D eigenvalue weighted by Gasteiger charge is -2.25. The molecular weight excluding hydrogens is 528 g/mol. The minimum atomic E-state index is -0.633. The van der Waals surface area contributed by atoms with E-state index in [4.69, 9.17) is 39.9 Å².